The van der Waals surface area contributed by atoms with Crippen LogP contribution in [0.25, 0.3) is 0 Å². The molecule has 0 unspecified atom stereocenters. The number of likely N-dealkylation sites (tertiary alicyclic amines) is 1. The molecule has 0 spiro atoms. The number of amides is 1. The molecule has 0 aromatic heterocycles. The molecule has 1 fully saturated rings. The van der Waals surface area contributed by atoms with Gasteiger partial charge in [-0.1, -0.05) is 41.9 Å². The Balaban J connectivity index is 1.50. The third-order valence-electron chi connectivity index (χ3n) is 5.19. The first kappa shape index (κ1) is 20.5. The van der Waals surface area contributed by atoms with Crippen molar-refractivity contribution >= 4 is 23.2 Å². The lowest BCUT2D eigenvalue weighted by Crippen LogP contribution is -2.39. The molecular weight excluding hydrogens is 376 g/mol. The highest BCUT2D eigenvalue weighted by molar-refractivity contribution is 6.32. The molecular formula is C22H27ClN2O3. The average Bonchev–Trinajstić information content (AvgIpc) is 2.70. The van der Waals surface area contributed by atoms with Crippen LogP contribution in [0.3, 0.4) is 0 Å². The lowest BCUT2D eigenvalue weighted by atomic mass is 9.90. The summed E-state index contributed by atoms with van der Waals surface area (Å²) in [5.41, 5.74) is 1.94. The molecule has 1 heterocycles. The molecule has 2 aromatic carbocycles. The van der Waals surface area contributed by atoms with Crippen molar-refractivity contribution < 1.29 is 14.3 Å². The summed E-state index contributed by atoms with van der Waals surface area (Å²) in [5.74, 6) is 1.65. The van der Waals surface area contributed by atoms with Gasteiger partial charge in [0.2, 0.25) is 5.91 Å². The summed E-state index contributed by atoms with van der Waals surface area (Å²) in [6, 6.07) is 13.9. The van der Waals surface area contributed by atoms with E-state index in [0.29, 0.717) is 34.7 Å². The normalized spacial score (nSPS) is 15.2. The monoisotopic (exact) mass is 402 g/mol. The topological polar surface area (TPSA) is 50.8 Å². The van der Waals surface area contributed by atoms with Gasteiger partial charge in [0.1, 0.15) is 11.5 Å². The standard InChI is InChI=1S/C22H27ClN2O3/c1-27-20-14-21(28-2)19(13-18(20)23)24-22(26)15-25-10-8-17(9-11-25)12-16-6-4-3-5-7-16/h3-7,13-14,17H,8-12,15H2,1-2H3,(H,24,26). The highest BCUT2D eigenvalue weighted by Gasteiger charge is 2.21. The number of ether oxygens (including phenoxy) is 2. The Morgan fingerprint density at radius 3 is 2.43 bits per heavy atom. The Bertz CT molecular complexity index is 790. The molecule has 0 aliphatic carbocycles. The van der Waals surface area contributed by atoms with Gasteiger partial charge in [0.25, 0.3) is 0 Å². The van der Waals surface area contributed by atoms with Crippen molar-refractivity contribution in [3.63, 3.8) is 0 Å². The van der Waals surface area contributed by atoms with Crippen molar-refractivity contribution in [1.82, 2.24) is 4.90 Å². The molecule has 1 aliphatic heterocycles. The first-order valence-corrected chi connectivity index (χ1v) is 9.94. The first-order chi connectivity index (χ1) is 13.6. The number of methoxy groups -OCH3 is 2. The SMILES string of the molecule is COc1cc(OC)c(NC(=O)CN2CCC(Cc3ccccc3)CC2)cc1Cl. The maximum Gasteiger partial charge on any atom is 0.238 e. The van der Waals surface area contributed by atoms with Crippen molar-refractivity contribution in [2.24, 2.45) is 5.92 Å². The number of hydrogen-bond donors (Lipinski definition) is 1. The van der Waals surface area contributed by atoms with Gasteiger partial charge in [-0.15, -0.1) is 0 Å². The molecule has 0 radical (unpaired) electrons. The van der Waals surface area contributed by atoms with E-state index in [1.807, 2.05) is 0 Å². The predicted molar refractivity (Wildman–Crippen MR) is 112 cm³/mol. The molecule has 3 rings (SSSR count). The minimum Gasteiger partial charge on any atom is -0.495 e. The van der Waals surface area contributed by atoms with Crippen molar-refractivity contribution in [3.05, 3.63) is 53.1 Å². The van der Waals surface area contributed by atoms with Crippen LogP contribution >= 0.6 is 11.6 Å². The fourth-order valence-corrected chi connectivity index (χ4v) is 3.89. The molecule has 0 saturated carbocycles. The second-order valence-corrected chi connectivity index (χ2v) is 7.55. The third kappa shape index (κ3) is 5.40. The van der Waals surface area contributed by atoms with Gasteiger partial charge in [0.15, 0.2) is 0 Å². The summed E-state index contributed by atoms with van der Waals surface area (Å²) in [7, 11) is 3.09. The molecule has 5 nitrogen and oxygen atoms in total. The lowest BCUT2D eigenvalue weighted by Gasteiger charge is -2.31. The number of nitrogens with zero attached hydrogens (tertiary/aromatic N) is 1. The van der Waals surface area contributed by atoms with Crippen molar-refractivity contribution in [2.75, 3.05) is 39.2 Å². The number of carbonyl (C=O) groups excluding carboxylic acids is 1. The van der Waals surface area contributed by atoms with Crippen LogP contribution in [0.5, 0.6) is 11.5 Å². The Morgan fingerprint density at radius 1 is 1.11 bits per heavy atom. The number of rotatable bonds is 7. The number of halogens is 1. The minimum absolute atomic E-state index is 0.0685. The van der Waals surface area contributed by atoms with Crippen LogP contribution < -0.4 is 14.8 Å². The van der Waals surface area contributed by atoms with Crippen LogP contribution in [0.4, 0.5) is 5.69 Å². The molecule has 1 N–H and O–H groups in total. The zero-order valence-electron chi connectivity index (χ0n) is 16.4. The van der Waals surface area contributed by atoms with Gasteiger partial charge in [0.05, 0.1) is 31.5 Å². The van der Waals surface area contributed by atoms with E-state index >= 15 is 0 Å². The number of benzene rings is 2. The summed E-state index contributed by atoms with van der Waals surface area (Å²) in [6.07, 6.45) is 3.34. The van der Waals surface area contributed by atoms with Crippen molar-refractivity contribution in [3.8, 4) is 11.5 Å². The van der Waals surface area contributed by atoms with Gasteiger partial charge in [-0.05, 0) is 49.9 Å². The van der Waals surface area contributed by atoms with Crippen LogP contribution in [0, 0.1) is 5.92 Å². The van der Waals surface area contributed by atoms with Gasteiger partial charge < -0.3 is 14.8 Å². The van der Waals surface area contributed by atoms with Gasteiger partial charge in [0, 0.05) is 6.07 Å². The Labute approximate surface area is 171 Å². The minimum atomic E-state index is -0.0685. The first-order valence-electron chi connectivity index (χ1n) is 9.56. The van der Waals surface area contributed by atoms with Crippen LogP contribution in [0.2, 0.25) is 5.02 Å². The number of nitrogens with one attached hydrogen (secondary N) is 1. The Hall–Kier alpha value is -2.24. The largest absolute Gasteiger partial charge is 0.495 e. The average molecular weight is 403 g/mol. The summed E-state index contributed by atoms with van der Waals surface area (Å²) in [4.78, 5) is 14.7. The maximum absolute atomic E-state index is 12.5. The second kappa shape index (κ2) is 9.80. The van der Waals surface area contributed by atoms with E-state index in [0.717, 1.165) is 32.4 Å². The Kier molecular flexibility index (Phi) is 7.18. The van der Waals surface area contributed by atoms with E-state index in [4.69, 9.17) is 21.1 Å². The fraction of sp³-hybridized carbons (Fsp3) is 0.409. The third-order valence-corrected chi connectivity index (χ3v) is 5.48. The zero-order valence-corrected chi connectivity index (χ0v) is 17.2. The van der Waals surface area contributed by atoms with Crippen molar-refractivity contribution in [1.29, 1.82) is 0 Å². The van der Waals surface area contributed by atoms with Crippen molar-refractivity contribution in [2.45, 2.75) is 19.3 Å². The number of piperidine rings is 1. The smallest absolute Gasteiger partial charge is 0.238 e. The molecule has 1 amide bonds. The summed E-state index contributed by atoms with van der Waals surface area (Å²) >= 11 is 6.17. The van der Waals surface area contributed by atoms with E-state index in [1.165, 1.54) is 5.56 Å². The second-order valence-electron chi connectivity index (χ2n) is 7.14. The molecule has 150 valence electrons. The van der Waals surface area contributed by atoms with Gasteiger partial charge >= 0.3 is 0 Å². The molecule has 0 bridgehead atoms. The van der Waals surface area contributed by atoms with Crippen LogP contribution in [0.15, 0.2) is 42.5 Å². The highest BCUT2D eigenvalue weighted by Crippen LogP contribution is 2.35. The summed E-state index contributed by atoms with van der Waals surface area (Å²) in [5, 5.41) is 3.34. The van der Waals surface area contributed by atoms with E-state index in [2.05, 4.69) is 40.5 Å². The summed E-state index contributed by atoms with van der Waals surface area (Å²) < 4.78 is 10.5. The maximum atomic E-state index is 12.5. The zero-order chi connectivity index (χ0) is 19.9. The van der Waals surface area contributed by atoms with E-state index in [-0.39, 0.29) is 5.91 Å². The Morgan fingerprint density at radius 2 is 1.79 bits per heavy atom. The van der Waals surface area contributed by atoms with Gasteiger partial charge in [-0.25, -0.2) is 0 Å². The van der Waals surface area contributed by atoms with Gasteiger partial charge in [-0.2, -0.15) is 0 Å². The number of carbonyl (C=O) groups is 1. The number of hydrogen-bond acceptors (Lipinski definition) is 4. The van der Waals surface area contributed by atoms with Crippen LogP contribution in [-0.4, -0.2) is 44.7 Å². The predicted octanol–water partition coefficient (Wildman–Crippen LogP) is 4.25. The number of anilines is 1. The lowest BCUT2D eigenvalue weighted by molar-refractivity contribution is -0.117. The molecule has 1 aliphatic rings. The molecule has 0 atom stereocenters. The molecule has 2 aromatic rings. The highest BCUT2D eigenvalue weighted by atomic mass is 35.5. The van der Waals surface area contributed by atoms with E-state index in [9.17, 15) is 4.79 Å². The quantitative estimate of drug-likeness (QED) is 0.752. The van der Waals surface area contributed by atoms with Crippen LogP contribution in [-0.2, 0) is 11.2 Å². The molecule has 28 heavy (non-hydrogen) atoms. The van der Waals surface area contributed by atoms with Gasteiger partial charge in [-0.3, -0.25) is 9.69 Å². The molecule has 1 saturated heterocycles. The fourth-order valence-electron chi connectivity index (χ4n) is 3.65. The van der Waals surface area contributed by atoms with Crippen LogP contribution in [0.1, 0.15) is 18.4 Å². The van der Waals surface area contributed by atoms with E-state index in [1.54, 1.807) is 26.4 Å². The molecule has 6 heteroatoms. The van der Waals surface area contributed by atoms with E-state index < -0.39 is 0 Å². The summed E-state index contributed by atoms with van der Waals surface area (Å²) in [6.45, 7) is 2.24.